The number of halogens is 2. The fourth-order valence-electron chi connectivity index (χ4n) is 4.12. The van der Waals surface area contributed by atoms with Crippen LogP contribution < -0.4 is 5.73 Å². The lowest BCUT2D eigenvalue weighted by Crippen LogP contribution is -2.42. The van der Waals surface area contributed by atoms with Gasteiger partial charge in [0.25, 0.3) is 12.3 Å². The molecule has 1 unspecified atom stereocenters. The Morgan fingerprint density at radius 3 is 2.41 bits per heavy atom. The summed E-state index contributed by atoms with van der Waals surface area (Å²) in [7, 11) is 0. The lowest BCUT2D eigenvalue weighted by atomic mass is 9.93. The Balaban J connectivity index is 1.67. The number of alkyl halides is 2. The third-order valence-electron chi connectivity index (χ3n) is 6.06. The molecule has 0 radical (unpaired) electrons. The average molecular weight is 376 g/mol. The summed E-state index contributed by atoms with van der Waals surface area (Å²) in [5.41, 5.74) is 6.13. The quantitative estimate of drug-likeness (QED) is 0.891. The molecule has 4 rings (SSSR count). The van der Waals surface area contributed by atoms with E-state index in [1.54, 1.807) is 6.92 Å². The van der Waals surface area contributed by atoms with Crippen molar-refractivity contribution in [3.05, 3.63) is 29.7 Å². The average Bonchev–Trinajstić information content (AvgIpc) is 3.28. The molecule has 1 aliphatic heterocycles. The normalized spacial score (nSPS) is 19.6. The van der Waals surface area contributed by atoms with Crippen LogP contribution in [-0.4, -0.2) is 39.4 Å². The third kappa shape index (κ3) is 3.07. The van der Waals surface area contributed by atoms with Crippen molar-refractivity contribution in [1.82, 2.24) is 14.5 Å². The first-order valence-electron chi connectivity index (χ1n) is 9.19. The Kier molecular flexibility index (Phi) is 4.16. The summed E-state index contributed by atoms with van der Waals surface area (Å²) in [5, 5.41) is 0.421. The highest BCUT2D eigenvalue weighted by Crippen LogP contribution is 2.53. The molecular weight excluding hydrogens is 354 g/mol. The lowest BCUT2D eigenvalue weighted by molar-refractivity contribution is -0.135. The molecule has 1 atom stereocenters. The van der Waals surface area contributed by atoms with E-state index in [0.717, 1.165) is 12.8 Å². The molecule has 1 saturated carbocycles. The third-order valence-corrected chi connectivity index (χ3v) is 6.06. The van der Waals surface area contributed by atoms with Crippen molar-refractivity contribution in [2.75, 3.05) is 13.1 Å². The summed E-state index contributed by atoms with van der Waals surface area (Å²) in [6.07, 6.45) is 3.09. The van der Waals surface area contributed by atoms with E-state index in [4.69, 9.17) is 5.73 Å². The minimum Gasteiger partial charge on any atom is -0.364 e. The number of aromatic nitrogens is 2. The number of hydrogen-bond donors (Lipinski definition) is 1. The predicted molar refractivity (Wildman–Crippen MR) is 95.4 cm³/mol. The highest BCUT2D eigenvalue weighted by molar-refractivity contribution is 5.99. The number of pyridine rings is 1. The Labute approximate surface area is 155 Å². The first-order chi connectivity index (χ1) is 12.8. The summed E-state index contributed by atoms with van der Waals surface area (Å²) < 4.78 is 27.4. The number of fused-ring (bicyclic) bond motifs is 1. The van der Waals surface area contributed by atoms with Gasteiger partial charge in [0.2, 0.25) is 5.91 Å². The van der Waals surface area contributed by atoms with E-state index in [9.17, 15) is 18.4 Å². The Hall–Kier alpha value is -2.51. The van der Waals surface area contributed by atoms with Crippen molar-refractivity contribution < 1.29 is 18.4 Å². The van der Waals surface area contributed by atoms with E-state index in [0.29, 0.717) is 29.4 Å². The zero-order chi connectivity index (χ0) is 19.3. The molecule has 27 heavy (non-hydrogen) atoms. The second-order valence-corrected chi connectivity index (χ2v) is 7.73. The number of carbonyl (C=O) groups is 2. The number of rotatable bonds is 4. The van der Waals surface area contributed by atoms with Crippen molar-refractivity contribution in [2.45, 2.75) is 45.1 Å². The van der Waals surface area contributed by atoms with Crippen molar-refractivity contribution in [2.24, 2.45) is 11.1 Å². The summed E-state index contributed by atoms with van der Waals surface area (Å²) in [6.45, 7) is 3.13. The van der Waals surface area contributed by atoms with E-state index < -0.39 is 18.4 Å². The van der Waals surface area contributed by atoms with Crippen molar-refractivity contribution in [3.63, 3.8) is 0 Å². The molecule has 6 nitrogen and oxygen atoms in total. The van der Waals surface area contributed by atoms with Crippen LogP contribution in [0.15, 0.2) is 18.3 Å². The minimum atomic E-state index is -2.71. The molecule has 2 fully saturated rings. The highest BCUT2D eigenvalue weighted by Gasteiger charge is 2.45. The number of nitrogens with zero attached hydrogens (tertiary/aromatic N) is 3. The number of hydrogen-bond acceptors (Lipinski definition) is 3. The van der Waals surface area contributed by atoms with E-state index >= 15 is 0 Å². The summed E-state index contributed by atoms with van der Waals surface area (Å²) in [5.74, 6) is -0.802. The van der Waals surface area contributed by atoms with Gasteiger partial charge in [0.1, 0.15) is 17.4 Å². The molecule has 1 spiro atoms. The van der Waals surface area contributed by atoms with Gasteiger partial charge in [-0.15, -0.1) is 0 Å². The van der Waals surface area contributed by atoms with Gasteiger partial charge in [-0.1, -0.05) is 0 Å². The van der Waals surface area contributed by atoms with Crippen molar-refractivity contribution in [3.8, 4) is 0 Å². The van der Waals surface area contributed by atoms with E-state index in [1.807, 2.05) is 4.90 Å². The maximum Gasteiger partial charge on any atom is 0.280 e. The molecule has 3 heterocycles. The van der Waals surface area contributed by atoms with Gasteiger partial charge in [-0.25, -0.2) is 8.78 Å². The van der Waals surface area contributed by atoms with E-state index in [-0.39, 0.29) is 17.3 Å². The number of amides is 2. The molecule has 2 amide bonds. The Morgan fingerprint density at radius 2 is 1.85 bits per heavy atom. The smallest absolute Gasteiger partial charge is 0.280 e. The van der Waals surface area contributed by atoms with Gasteiger partial charge in [0.05, 0.1) is 11.7 Å². The lowest BCUT2D eigenvalue weighted by Gasteiger charge is -2.34. The highest BCUT2D eigenvalue weighted by atomic mass is 19.3. The topological polar surface area (TPSA) is 81.2 Å². The Bertz CT molecular complexity index is 910. The zero-order valence-corrected chi connectivity index (χ0v) is 15.1. The number of likely N-dealkylation sites (tertiary alicyclic amines) is 1. The molecular formula is C19H22F2N4O2. The van der Waals surface area contributed by atoms with Crippen LogP contribution in [0.1, 0.15) is 61.3 Å². The molecule has 1 saturated heterocycles. The number of nitrogens with two attached hydrogens (primary N) is 1. The maximum absolute atomic E-state index is 13.0. The molecule has 0 bridgehead atoms. The number of primary amides is 1. The van der Waals surface area contributed by atoms with Crippen LogP contribution in [0.3, 0.4) is 0 Å². The SMILES string of the molecule is CC(C(=O)N1CCC2(CC1)CC2)n1c(C(N)=O)cc2cc(C(F)F)ncc21. The minimum absolute atomic E-state index is 0.0940. The van der Waals surface area contributed by atoms with Crippen LogP contribution in [0, 0.1) is 5.41 Å². The zero-order valence-electron chi connectivity index (χ0n) is 15.1. The van der Waals surface area contributed by atoms with Crippen molar-refractivity contribution >= 4 is 22.7 Å². The first kappa shape index (κ1) is 17.9. The first-order valence-corrected chi connectivity index (χ1v) is 9.19. The summed E-state index contributed by atoms with van der Waals surface area (Å²) >= 11 is 0. The van der Waals surface area contributed by atoms with Crippen molar-refractivity contribution in [1.29, 1.82) is 0 Å². The molecule has 2 aliphatic rings. The van der Waals surface area contributed by atoms with Gasteiger partial charge in [-0.2, -0.15) is 0 Å². The predicted octanol–water partition coefficient (Wildman–Crippen LogP) is 3.04. The van der Waals surface area contributed by atoms with Crippen LogP contribution in [0.5, 0.6) is 0 Å². The van der Waals surface area contributed by atoms with E-state index in [1.165, 1.54) is 35.7 Å². The van der Waals surface area contributed by atoms with Crippen LogP contribution in [0.4, 0.5) is 8.78 Å². The van der Waals surface area contributed by atoms with Crippen LogP contribution in [0.2, 0.25) is 0 Å². The summed E-state index contributed by atoms with van der Waals surface area (Å²) in [4.78, 5) is 30.5. The van der Waals surface area contributed by atoms with Gasteiger partial charge in [0.15, 0.2) is 0 Å². The molecule has 2 aromatic heterocycles. The number of carbonyl (C=O) groups excluding carboxylic acids is 2. The Morgan fingerprint density at radius 1 is 1.19 bits per heavy atom. The van der Waals surface area contributed by atoms with Gasteiger partial charge >= 0.3 is 0 Å². The second kappa shape index (κ2) is 6.28. The van der Waals surface area contributed by atoms with Gasteiger partial charge in [-0.05, 0) is 50.2 Å². The van der Waals surface area contributed by atoms with Gasteiger partial charge in [0, 0.05) is 18.5 Å². The summed E-state index contributed by atoms with van der Waals surface area (Å²) in [6, 6.07) is 2.01. The van der Waals surface area contributed by atoms with Gasteiger partial charge in [-0.3, -0.25) is 14.6 Å². The second-order valence-electron chi connectivity index (χ2n) is 7.73. The molecule has 0 aromatic carbocycles. The standard InChI is InChI=1S/C19H22F2N4O2/c1-11(18(27)24-6-4-19(2-3-19)5-7-24)25-14(17(22)26)9-12-8-13(16(20)21)23-10-15(12)25/h8-11,16H,2-7H2,1H3,(H2,22,26). The van der Waals surface area contributed by atoms with Gasteiger partial charge < -0.3 is 15.2 Å². The fourth-order valence-corrected chi connectivity index (χ4v) is 4.12. The molecule has 2 aromatic rings. The van der Waals surface area contributed by atoms with Crippen LogP contribution in [0.25, 0.3) is 10.9 Å². The molecule has 1 aliphatic carbocycles. The number of piperidine rings is 1. The molecule has 144 valence electrons. The molecule has 2 N–H and O–H groups in total. The monoisotopic (exact) mass is 376 g/mol. The maximum atomic E-state index is 13.0. The van der Waals surface area contributed by atoms with E-state index in [2.05, 4.69) is 4.98 Å². The molecule has 8 heteroatoms. The largest absolute Gasteiger partial charge is 0.364 e. The fraction of sp³-hybridized carbons (Fsp3) is 0.526. The van der Waals surface area contributed by atoms with Crippen LogP contribution >= 0.6 is 0 Å². The van der Waals surface area contributed by atoms with Crippen LogP contribution in [-0.2, 0) is 4.79 Å².